The van der Waals surface area contributed by atoms with Crippen LogP contribution in [0.2, 0.25) is 5.02 Å². The number of carboxylic acids is 1. The molecule has 2 aliphatic rings. The summed E-state index contributed by atoms with van der Waals surface area (Å²) in [5.74, 6) is -0.126. The fourth-order valence-corrected chi connectivity index (χ4v) is 2.67. The molecule has 2 fully saturated rings. The number of nitrogens with zero attached hydrogens (tertiary/aromatic N) is 1. The van der Waals surface area contributed by atoms with E-state index in [-0.39, 0.29) is 0 Å². The lowest BCUT2D eigenvalue weighted by Gasteiger charge is -2.26. The van der Waals surface area contributed by atoms with Crippen LogP contribution >= 0.6 is 11.6 Å². The third-order valence-electron chi connectivity index (χ3n) is 3.84. The molecule has 0 amide bonds. The van der Waals surface area contributed by atoms with E-state index in [9.17, 15) is 4.79 Å². The second-order valence-corrected chi connectivity index (χ2v) is 6.14. The highest BCUT2D eigenvalue weighted by molar-refractivity contribution is 6.30. The Morgan fingerprint density at radius 1 is 1.35 bits per heavy atom. The molecule has 2 aliphatic carbocycles. The quantitative estimate of drug-likeness (QED) is 0.810. The number of hydrogen-bond acceptors (Lipinski definition) is 2. The summed E-state index contributed by atoms with van der Waals surface area (Å²) in [4.78, 5) is 13.2. The van der Waals surface area contributed by atoms with Gasteiger partial charge >= 0.3 is 5.97 Å². The zero-order valence-electron chi connectivity index (χ0n) is 11.3. The molecule has 3 nitrogen and oxygen atoms in total. The molecule has 0 unspecified atom stereocenters. The highest BCUT2D eigenvalue weighted by atomic mass is 35.5. The Bertz CT molecular complexity index is 547. The summed E-state index contributed by atoms with van der Waals surface area (Å²) in [5.41, 5.74) is 2.01. The number of carbonyl (C=O) groups is 1. The van der Waals surface area contributed by atoms with Crippen LogP contribution in [0.1, 0.15) is 31.2 Å². The largest absolute Gasteiger partial charge is 0.478 e. The van der Waals surface area contributed by atoms with Crippen LogP contribution in [0.25, 0.3) is 6.08 Å². The van der Waals surface area contributed by atoms with Crippen molar-refractivity contribution < 1.29 is 9.90 Å². The lowest BCUT2D eigenvalue weighted by atomic mass is 10.1. The molecule has 0 atom stereocenters. The van der Waals surface area contributed by atoms with Gasteiger partial charge in [-0.3, -0.25) is 0 Å². The second kappa shape index (κ2) is 5.49. The van der Waals surface area contributed by atoms with Crippen LogP contribution in [0.3, 0.4) is 0 Å². The van der Waals surface area contributed by atoms with Crippen LogP contribution in [0, 0.1) is 5.92 Å². The molecule has 0 spiro atoms. The molecular formula is C16H18ClNO2. The SMILES string of the molecule is O=C(O)/C=C/c1cc(Cl)ccc1N(CC1CC1)C1CC1. The average Bonchev–Trinajstić information content (AvgIpc) is 3.26. The lowest BCUT2D eigenvalue weighted by Crippen LogP contribution is -2.28. The van der Waals surface area contributed by atoms with E-state index in [1.54, 1.807) is 6.08 Å². The van der Waals surface area contributed by atoms with Crippen LogP contribution in [0.15, 0.2) is 24.3 Å². The molecule has 4 heteroatoms. The molecule has 1 aromatic rings. The molecule has 3 rings (SSSR count). The second-order valence-electron chi connectivity index (χ2n) is 5.70. The summed E-state index contributed by atoms with van der Waals surface area (Å²) >= 11 is 6.05. The molecule has 106 valence electrons. The fourth-order valence-electron chi connectivity index (χ4n) is 2.49. The van der Waals surface area contributed by atoms with Crippen molar-refractivity contribution >= 4 is 29.3 Å². The summed E-state index contributed by atoms with van der Waals surface area (Å²) < 4.78 is 0. The van der Waals surface area contributed by atoms with Crippen LogP contribution in [-0.2, 0) is 4.79 Å². The Hall–Kier alpha value is -1.48. The van der Waals surface area contributed by atoms with E-state index in [4.69, 9.17) is 16.7 Å². The van der Waals surface area contributed by atoms with Crippen molar-refractivity contribution in [3.63, 3.8) is 0 Å². The van der Waals surface area contributed by atoms with Gasteiger partial charge in [0.1, 0.15) is 0 Å². The number of hydrogen-bond donors (Lipinski definition) is 1. The standard InChI is InChI=1S/C16H18ClNO2/c17-13-4-7-15(12(9-13)3-8-16(19)20)18(14-5-6-14)10-11-1-2-11/h3-4,7-9,11,14H,1-2,5-6,10H2,(H,19,20)/b8-3+. The Labute approximate surface area is 123 Å². The molecule has 0 heterocycles. The van der Waals surface area contributed by atoms with E-state index in [2.05, 4.69) is 4.90 Å². The van der Waals surface area contributed by atoms with Crippen molar-refractivity contribution in [2.75, 3.05) is 11.4 Å². The van der Waals surface area contributed by atoms with Gasteiger partial charge in [0.25, 0.3) is 0 Å². The van der Waals surface area contributed by atoms with Crippen molar-refractivity contribution in [3.05, 3.63) is 34.9 Å². The van der Waals surface area contributed by atoms with Crippen molar-refractivity contribution in [2.45, 2.75) is 31.7 Å². The van der Waals surface area contributed by atoms with Gasteiger partial charge in [-0.15, -0.1) is 0 Å². The maximum absolute atomic E-state index is 10.7. The first-order valence-corrected chi connectivity index (χ1v) is 7.48. The zero-order chi connectivity index (χ0) is 14.1. The third-order valence-corrected chi connectivity index (χ3v) is 4.08. The predicted octanol–water partition coefficient (Wildman–Crippen LogP) is 3.82. The zero-order valence-corrected chi connectivity index (χ0v) is 12.0. The van der Waals surface area contributed by atoms with Crippen molar-refractivity contribution in [2.24, 2.45) is 5.92 Å². The molecule has 0 radical (unpaired) electrons. The van der Waals surface area contributed by atoms with E-state index in [1.165, 1.54) is 31.8 Å². The average molecular weight is 292 g/mol. The number of anilines is 1. The summed E-state index contributed by atoms with van der Waals surface area (Å²) in [6.07, 6.45) is 7.92. The first kappa shape index (κ1) is 13.5. The van der Waals surface area contributed by atoms with Crippen LogP contribution in [-0.4, -0.2) is 23.7 Å². The number of halogens is 1. The first-order chi connectivity index (χ1) is 9.63. The number of rotatable bonds is 6. The summed E-state index contributed by atoms with van der Waals surface area (Å²) in [6.45, 7) is 1.08. The van der Waals surface area contributed by atoms with Gasteiger partial charge in [0.05, 0.1) is 0 Å². The summed E-state index contributed by atoms with van der Waals surface area (Å²) in [6, 6.07) is 6.37. The molecule has 0 aliphatic heterocycles. The molecular weight excluding hydrogens is 274 g/mol. The minimum Gasteiger partial charge on any atom is -0.478 e. The van der Waals surface area contributed by atoms with Gasteiger partial charge in [-0.25, -0.2) is 4.79 Å². The van der Waals surface area contributed by atoms with Crippen molar-refractivity contribution in [3.8, 4) is 0 Å². The highest BCUT2D eigenvalue weighted by Gasteiger charge is 2.34. The molecule has 1 N–H and O–H groups in total. The lowest BCUT2D eigenvalue weighted by molar-refractivity contribution is -0.131. The Morgan fingerprint density at radius 2 is 2.10 bits per heavy atom. The Balaban J connectivity index is 1.90. The molecule has 0 bridgehead atoms. The molecule has 2 saturated carbocycles. The van der Waals surface area contributed by atoms with Gasteiger partial charge in [0.15, 0.2) is 0 Å². The van der Waals surface area contributed by atoms with Gasteiger partial charge in [0.2, 0.25) is 0 Å². The van der Waals surface area contributed by atoms with E-state index in [0.717, 1.165) is 23.7 Å². The monoisotopic (exact) mass is 291 g/mol. The summed E-state index contributed by atoms with van der Waals surface area (Å²) in [7, 11) is 0. The molecule has 0 saturated heterocycles. The van der Waals surface area contributed by atoms with Gasteiger partial charge in [-0.05, 0) is 61.4 Å². The van der Waals surface area contributed by atoms with Gasteiger partial charge in [0, 0.05) is 29.4 Å². The maximum atomic E-state index is 10.7. The number of carboxylic acid groups (broad SMARTS) is 1. The molecule has 0 aromatic heterocycles. The van der Waals surface area contributed by atoms with Gasteiger partial charge in [-0.1, -0.05) is 11.6 Å². The first-order valence-electron chi connectivity index (χ1n) is 7.10. The normalized spacial score (nSPS) is 18.4. The fraction of sp³-hybridized carbons (Fsp3) is 0.438. The van der Waals surface area contributed by atoms with E-state index < -0.39 is 5.97 Å². The molecule has 20 heavy (non-hydrogen) atoms. The van der Waals surface area contributed by atoms with Crippen LogP contribution in [0.4, 0.5) is 5.69 Å². The minimum absolute atomic E-state index is 0.619. The van der Waals surface area contributed by atoms with Crippen LogP contribution < -0.4 is 4.90 Å². The van der Waals surface area contributed by atoms with E-state index >= 15 is 0 Å². The smallest absolute Gasteiger partial charge is 0.328 e. The van der Waals surface area contributed by atoms with Crippen molar-refractivity contribution in [1.29, 1.82) is 0 Å². The highest BCUT2D eigenvalue weighted by Crippen LogP contribution is 2.39. The van der Waals surface area contributed by atoms with E-state index in [1.807, 2.05) is 18.2 Å². The summed E-state index contributed by atoms with van der Waals surface area (Å²) in [5, 5.41) is 9.46. The minimum atomic E-state index is -0.934. The number of aliphatic carboxylic acids is 1. The van der Waals surface area contributed by atoms with Gasteiger partial charge < -0.3 is 10.0 Å². The van der Waals surface area contributed by atoms with Crippen molar-refractivity contribution in [1.82, 2.24) is 0 Å². The topological polar surface area (TPSA) is 40.5 Å². The van der Waals surface area contributed by atoms with E-state index in [0.29, 0.717) is 11.1 Å². The maximum Gasteiger partial charge on any atom is 0.328 e. The number of benzene rings is 1. The molecule has 1 aromatic carbocycles. The third kappa shape index (κ3) is 3.34. The predicted molar refractivity (Wildman–Crippen MR) is 81.2 cm³/mol. The van der Waals surface area contributed by atoms with Crippen LogP contribution in [0.5, 0.6) is 0 Å². The Morgan fingerprint density at radius 3 is 2.70 bits per heavy atom. The van der Waals surface area contributed by atoms with Gasteiger partial charge in [-0.2, -0.15) is 0 Å². The Kier molecular flexibility index (Phi) is 3.70.